The number of Topliss-reactive ketones (excluding diaryl/α,β-unsaturated/α-hetero) is 1. The molecule has 2 amide bonds. The zero-order valence-corrected chi connectivity index (χ0v) is 9.32. The summed E-state index contributed by atoms with van der Waals surface area (Å²) in [5.74, 6) is 0.144. The number of rotatable bonds is 5. The SMILES string of the molecule is CC(=O)CCCNC(=O)Nc1ccccc1. The maximum absolute atomic E-state index is 11.3. The van der Waals surface area contributed by atoms with Gasteiger partial charge in [-0.25, -0.2) is 4.79 Å². The van der Waals surface area contributed by atoms with Crippen LogP contribution in [0.2, 0.25) is 0 Å². The normalized spacial score (nSPS) is 9.56. The van der Waals surface area contributed by atoms with Gasteiger partial charge in [0, 0.05) is 18.7 Å². The summed E-state index contributed by atoms with van der Waals surface area (Å²) in [5, 5.41) is 5.38. The van der Waals surface area contributed by atoms with Crippen LogP contribution in [0.4, 0.5) is 10.5 Å². The first-order chi connectivity index (χ1) is 7.68. The molecule has 0 atom stereocenters. The first-order valence-electron chi connectivity index (χ1n) is 5.28. The third-order valence-electron chi connectivity index (χ3n) is 2.02. The lowest BCUT2D eigenvalue weighted by atomic mass is 10.2. The number of carbonyl (C=O) groups excluding carboxylic acids is 2. The minimum absolute atomic E-state index is 0.144. The summed E-state index contributed by atoms with van der Waals surface area (Å²) in [6, 6.07) is 8.98. The summed E-state index contributed by atoms with van der Waals surface area (Å²) < 4.78 is 0. The second kappa shape index (κ2) is 6.61. The Morgan fingerprint density at radius 3 is 2.50 bits per heavy atom. The van der Waals surface area contributed by atoms with Crippen molar-refractivity contribution in [3.05, 3.63) is 30.3 Å². The van der Waals surface area contributed by atoms with Gasteiger partial charge >= 0.3 is 6.03 Å². The van der Waals surface area contributed by atoms with Crippen molar-refractivity contribution in [3.8, 4) is 0 Å². The average molecular weight is 220 g/mol. The zero-order valence-electron chi connectivity index (χ0n) is 9.32. The molecule has 16 heavy (non-hydrogen) atoms. The summed E-state index contributed by atoms with van der Waals surface area (Å²) in [7, 11) is 0. The van der Waals surface area contributed by atoms with Gasteiger partial charge in [-0.2, -0.15) is 0 Å². The van der Waals surface area contributed by atoms with Crippen LogP contribution in [-0.2, 0) is 4.79 Å². The average Bonchev–Trinajstić information content (AvgIpc) is 2.25. The lowest BCUT2D eigenvalue weighted by Crippen LogP contribution is -2.29. The molecule has 0 aromatic heterocycles. The second-order valence-electron chi connectivity index (χ2n) is 3.55. The van der Waals surface area contributed by atoms with Crippen LogP contribution in [0, 0.1) is 0 Å². The topological polar surface area (TPSA) is 58.2 Å². The first kappa shape index (κ1) is 12.2. The highest BCUT2D eigenvalue weighted by Crippen LogP contribution is 2.03. The van der Waals surface area contributed by atoms with Crippen molar-refractivity contribution in [1.82, 2.24) is 5.32 Å². The summed E-state index contributed by atoms with van der Waals surface area (Å²) in [6.07, 6.45) is 1.18. The van der Waals surface area contributed by atoms with E-state index in [0.29, 0.717) is 19.4 Å². The first-order valence-corrected chi connectivity index (χ1v) is 5.28. The fourth-order valence-electron chi connectivity index (χ4n) is 1.24. The molecule has 0 aliphatic heterocycles. The van der Waals surface area contributed by atoms with Crippen LogP contribution in [0.25, 0.3) is 0 Å². The molecule has 0 aliphatic rings. The van der Waals surface area contributed by atoms with Crippen LogP contribution in [0.3, 0.4) is 0 Å². The summed E-state index contributed by atoms with van der Waals surface area (Å²) in [6.45, 7) is 2.06. The van der Waals surface area contributed by atoms with Gasteiger partial charge in [0.15, 0.2) is 0 Å². The lowest BCUT2D eigenvalue weighted by Gasteiger charge is -2.06. The summed E-state index contributed by atoms with van der Waals surface area (Å²) >= 11 is 0. The Bertz CT molecular complexity index is 349. The predicted molar refractivity (Wildman–Crippen MR) is 63.4 cm³/mol. The monoisotopic (exact) mass is 220 g/mol. The molecule has 1 aromatic carbocycles. The highest BCUT2D eigenvalue weighted by molar-refractivity contribution is 5.89. The van der Waals surface area contributed by atoms with E-state index in [2.05, 4.69) is 10.6 Å². The van der Waals surface area contributed by atoms with Gasteiger partial charge < -0.3 is 15.4 Å². The number of carbonyl (C=O) groups is 2. The van der Waals surface area contributed by atoms with Crippen LogP contribution in [0.5, 0.6) is 0 Å². The molecule has 86 valence electrons. The molecule has 2 N–H and O–H groups in total. The van der Waals surface area contributed by atoms with Gasteiger partial charge in [0.1, 0.15) is 5.78 Å². The van der Waals surface area contributed by atoms with Crippen molar-refractivity contribution >= 4 is 17.5 Å². The Morgan fingerprint density at radius 2 is 1.88 bits per heavy atom. The third kappa shape index (κ3) is 5.14. The number of amides is 2. The van der Waals surface area contributed by atoms with Crippen LogP contribution in [0.15, 0.2) is 30.3 Å². The molecular weight excluding hydrogens is 204 g/mol. The number of anilines is 1. The second-order valence-corrected chi connectivity index (χ2v) is 3.55. The molecular formula is C12H16N2O2. The maximum atomic E-state index is 11.3. The van der Waals surface area contributed by atoms with E-state index in [4.69, 9.17) is 0 Å². The number of benzene rings is 1. The van der Waals surface area contributed by atoms with E-state index in [0.717, 1.165) is 5.69 Å². The molecule has 0 saturated heterocycles. The van der Waals surface area contributed by atoms with E-state index in [-0.39, 0.29) is 11.8 Å². The molecule has 0 aliphatic carbocycles. The van der Waals surface area contributed by atoms with Crippen molar-refractivity contribution in [2.45, 2.75) is 19.8 Å². The van der Waals surface area contributed by atoms with Crippen molar-refractivity contribution in [3.63, 3.8) is 0 Å². The fourth-order valence-corrected chi connectivity index (χ4v) is 1.24. The number of urea groups is 1. The molecule has 1 aromatic rings. The lowest BCUT2D eigenvalue weighted by molar-refractivity contribution is -0.117. The number of para-hydroxylation sites is 1. The fraction of sp³-hybridized carbons (Fsp3) is 0.333. The van der Waals surface area contributed by atoms with E-state index in [1.54, 1.807) is 6.92 Å². The molecule has 4 nitrogen and oxygen atoms in total. The van der Waals surface area contributed by atoms with E-state index < -0.39 is 0 Å². The van der Waals surface area contributed by atoms with Crippen molar-refractivity contribution in [2.75, 3.05) is 11.9 Å². The highest BCUT2D eigenvalue weighted by atomic mass is 16.2. The Labute approximate surface area is 95.0 Å². The number of hydrogen-bond donors (Lipinski definition) is 2. The van der Waals surface area contributed by atoms with Gasteiger partial charge in [-0.3, -0.25) is 0 Å². The number of ketones is 1. The van der Waals surface area contributed by atoms with Gasteiger partial charge in [-0.1, -0.05) is 18.2 Å². The molecule has 0 fully saturated rings. The largest absolute Gasteiger partial charge is 0.338 e. The molecule has 0 spiro atoms. The van der Waals surface area contributed by atoms with Crippen molar-refractivity contribution in [2.24, 2.45) is 0 Å². The minimum Gasteiger partial charge on any atom is -0.338 e. The standard InChI is InChI=1S/C12H16N2O2/c1-10(15)6-5-9-13-12(16)14-11-7-3-2-4-8-11/h2-4,7-8H,5-6,9H2,1H3,(H2,13,14,16). The van der Waals surface area contributed by atoms with E-state index in [9.17, 15) is 9.59 Å². The quantitative estimate of drug-likeness (QED) is 0.747. The summed E-state index contributed by atoms with van der Waals surface area (Å²) in [4.78, 5) is 22.0. The molecule has 0 saturated carbocycles. The van der Waals surface area contributed by atoms with Gasteiger partial charge in [-0.05, 0) is 25.5 Å². The Morgan fingerprint density at radius 1 is 1.19 bits per heavy atom. The molecule has 1 rings (SSSR count). The van der Waals surface area contributed by atoms with Crippen molar-refractivity contribution < 1.29 is 9.59 Å². The van der Waals surface area contributed by atoms with E-state index in [1.165, 1.54) is 0 Å². The number of hydrogen-bond acceptors (Lipinski definition) is 2. The van der Waals surface area contributed by atoms with E-state index in [1.807, 2.05) is 30.3 Å². The molecule has 0 bridgehead atoms. The predicted octanol–water partition coefficient (Wildman–Crippen LogP) is 2.18. The zero-order chi connectivity index (χ0) is 11.8. The van der Waals surface area contributed by atoms with Gasteiger partial charge in [0.05, 0.1) is 0 Å². The van der Waals surface area contributed by atoms with Gasteiger partial charge in [-0.15, -0.1) is 0 Å². The number of nitrogens with one attached hydrogen (secondary N) is 2. The Balaban J connectivity index is 2.19. The van der Waals surface area contributed by atoms with Crippen LogP contribution in [-0.4, -0.2) is 18.4 Å². The van der Waals surface area contributed by atoms with Gasteiger partial charge in [0.2, 0.25) is 0 Å². The van der Waals surface area contributed by atoms with Crippen LogP contribution < -0.4 is 10.6 Å². The van der Waals surface area contributed by atoms with Crippen LogP contribution in [0.1, 0.15) is 19.8 Å². The molecule has 0 unspecified atom stereocenters. The molecule has 4 heteroatoms. The molecule has 0 radical (unpaired) electrons. The Kier molecular flexibility index (Phi) is 5.05. The third-order valence-corrected chi connectivity index (χ3v) is 2.02. The minimum atomic E-state index is -0.241. The molecule has 0 heterocycles. The maximum Gasteiger partial charge on any atom is 0.319 e. The Hall–Kier alpha value is -1.84. The van der Waals surface area contributed by atoms with Crippen molar-refractivity contribution in [1.29, 1.82) is 0 Å². The highest BCUT2D eigenvalue weighted by Gasteiger charge is 2.00. The smallest absolute Gasteiger partial charge is 0.319 e. The van der Waals surface area contributed by atoms with Gasteiger partial charge in [0.25, 0.3) is 0 Å². The summed E-state index contributed by atoms with van der Waals surface area (Å²) in [5.41, 5.74) is 0.756. The van der Waals surface area contributed by atoms with Crippen LogP contribution >= 0.6 is 0 Å². The van der Waals surface area contributed by atoms with E-state index >= 15 is 0 Å².